The first-order chi connectivity index (χ1) is 25.3. The molecule has 2 aliphatic rings. The molecular formula is C38H48N6O6S2. The molecule has 4 heterocycles. The molecule has 12 nitrogen and oxygen atoms in total. The molecule has 2 aromatic heterocycles. The van der Waals surface area contributed by atoms with Crippen molar-refractivity contribution in [2.45, 2.75) is 22.6 Å². The number of H-pyrrole nitrogens is 2. The molecule has 0 atom stereocenters. The molecule has 3 aromatic carbocycles. The Morgan fingerprint density at radius 2 is 0.923 bits per heavy atom. The molecular weight excluding hydrogens is 701 g/mol. The smallest absolute Gasteiger partial charge is 0.244 e. The van der Waals surface area contributed by atoms with Crippen LogP contribution < -0.4 is 0 Å². The number of aromatic amines is 2. The number of rotatable bonds is 16. The molecule has 2 N–H and O–H groups in total. The molecule has 0 aliphatic carbocycles. The maximum Gasteiger partial charge on any atom is 0.244 e. The van der Waals surface area contributed by atoms with Crippen molar-refractivity contribution < 1.29 is 26.3 Å². The average Bonchev–Trinajstić information content (AvgIpc) is 3.79. The fourth-order valence-corrected chi connectivity index (χ4v) is 10.8. The van der Waals surface area contributed by atoms with Gasteiger partial charge in [0.05, 0.1) is 26.4 Å². The molecule has 0 radical (unpaired) electrons. The van der Waals surface area contributed by atoms with E-state index in [4.69, 9.17) is 9.47 Å². The SMILES string of the molecule is O=S(=O)(c1ccccc1S(=O)(=O)N(CCc1c[nH]c2ccccc12)CCN1CCOCC1)N(CCc1c[nH]c2ccccc12)CCN1CCOCC1. The van der Waals surface area contributed by atoms with E-state index >= 15 is 0 Å². The van der Waals surface area contributed by atoms with Crippen molar-refractivity contribution in [1.82, 2.24) is 28.4 Å². The van der Waals surface area contributed by atoms with Gasteiger partial charge in [0.1, 0.15) is 9.79 Å². The third kappa shape index (κ3) is 8.29. The van der Waals surface area contributed by atoms with Gasteiger partial charge in [0.25, 0.3) is 0 Å². The Kier molecular flexibility index (Phi) is 11.7. The van der Waals surface area contributed by atoms with E-state index in [1.807, 2.05) is 60.9 Å². The standard InChI is InChI=1S/C38H48N6O6S2/c45-51(46,43(19-17-41-21-25-49-26-22-41)15-13-31-29-39-35-9-3-1-7-33(31)35)37-11-5-6-12-38(37)52(47,48)44(20-18-42-23-27-50-28-24-42)16-14-32-30-40-36-10-4-2-8-34(32)36/h1-12,29-30,39-40H,13-28H2. The van der Waals surface area contributed by atoms with Gasteiger partial charge in [0.15, 0.2) is 0 Å². The molecule has 7 rings (SSSR count). The first kappa shape index (κ1) is 36.7. The van der Waals surface area contributed by atoms with Crippen LogP contribution in [0.15, 0.2) is 95.0 Å². The normalized spacial score (nSPS) is 16.8. The van der Waals surface area contributed by atoms with E-state index in [1.54, 1.807) is 12.1 Å². The molecule has 52 heavy (non-hydrogen) atoms. The Balaban J connectivity index is 1.18. The second-order valence-electron chi connectivity index (χ2n) is 13.4. The molecule has 0 bridgehead atoms. The number of nitrogens with one attached hydrogen (secondary N) is 2. The summed E-state index contributed by atoms with van der Waals surface area (Å²) in [6, 6.07) is 22.0. The van der Waals surface area contributed by atoms with Crippen molar-refractivity contribution in [3.8, 4) is 0 Å². The van der Waals surface area contributed by atoms with E-state index < -0.39 is 20.0 Å². The van der Waals surface area contributed by atoms with Gasteiger partial charge in [-0.05, 0) is 48.2 Å². The number of morpholine rings is 2. The van der Waals surface area contributed by atoms with Gasteiger partial charge < -0.3 is 19.4 Å². The fraction of sp³-hybridized carbons (Fsp3) is 0.421. The summed E-state index contributed by atoms with van der Waals surface area (Å²) in [5.74, 6) is 0. The highest BCUT2D eigenvalue weighted by Gasteiger charge is 2.35. The van der Waals surface area contributed by atoms with Crippen molar-refractivity contribution in [1.29, 1.82) is 0 Å². The Morgan fingerprint density at radius 1 is 0.538 bits per heavy atom. The number of ether oxygens (including phenoxy) is 2. The second-order valence-corrected chi connectivity index (χ2v) is 17.2. The molecule has 2 aliphatic heterocycles. The van der Waals surface area contributed by atoms with E-state index in [0.29, 0.717) is 52.4 Å². The monoisotopic (exact) mass is 748 g/mol. The van der Waals surface area contributed by atoms with Gasteiger partial charge in [0, 0.05) is 99.6 Å². The van der Waals surface area contributed by atoms with Crippen LogP contribution in [0.25, 0.3) is 21.8 Å². The van der Waals surface area contributed by atoms with Gasteiger partial charge in [-0.15, -0.1) is 0 Å². The zero-order valence-corrected chi connectivity index (χ0v) is 31.1. The maximum atomic E-state index is 14.8. The Labute approximate surface area is 306 Å². The number of benzene rings is 3. The third-order valence-electron chi connectivity index (χ3n) is 10.2. The van der Waals surface area contributed by atoms with Crippen LogP contribution in [0.1, 0.15) is 11.1 Å². The molecule has 0 saturated carbocycles. The lowest BCUT2D eigenvalue weighted by Gasteiger charge is -2.31. The van der Waals surface area contributed by atoms with Crippen molar-refractivity contribution in [2.24, 2.45) is 0 Å². The summed E-state index contributed by atoms with van der Waals surface area (Å²) in [4.78, 5) is 10.6. The zero-order chi connectivity index (χ0) is 36.0. The summed E-state index contributed by atoms with van der Waals surface area (Å²) in [5.41, 5.74) is 3.99. The van der Waals surface area contributed by atoms with E-state index in [-0.39, 0.29) is 36.0 Å². The average molecular weight is 749 g/mol. The number of hydrogen-bond donors (Lipinski definition) is 2. The van der Waals surface area contributed by atoms with Gasteiger partial charge in [0.2, 0.25) is 20.0 Å². The second kappa shape index (κ2) is 16.6. The molecule has 0 unspecified atom stereocenters. The number of aromatic nitrogens is 2. The van der Waals surface area contributed by atoms with E-state index in [1.165, 1.54) is 20.7 Å². The topological polar surface area (TPSA) is 131 Å². The third-order valence-corrected chi connectivity index (χ3v) is 14.3. The lowest BCUT2D eigenvalue weighted by Crippen LogP contribution is -2.45. The highest BCUT2D eigenvalue weighted by atomic mass is 32.2. The molecule has 2 fully saturated rings. The predicted octanol–water partition coefficient (Wildman–Crippen LogP) is 3.78. The minimum Gasteiger partial charge on any atom is -0.379 e. The van der Waals surface area contributed by atoms with Gasteiger partial charge in [-0.3, -0.25) is 9.80 Å². The first-order valence-electron chi connectivity index (χ1n) is 18.1. The highest BCUT2D eigenvalue weighted by Crippen LogP contribution is 2.29. The molecule has 14 heteroatoms. The van der Waals surface area contributed by atoms with Gasteiger partial charge >= 0.3 is 0 Å². The van der Waals surface area contributed by atoms with Crippen LogP contribution in [-0.2, 0) is 42.4 Å². The van der Waals surface area contributed by atoms with Crippen LogP contribution in [0.2, 0.25) is 0 Å². The molecule has 2 saturated heterocycles. The van der Waals surface area contributed by atoms with Crippen LogP contribution in [-0.4, -0.2) is 137 Å². The summed E-state index contributed by atoms with van der Waals surface area (Å²) in [6.45, 7) is 7.14. The lowest BCUT2D eigenvalue weighted by atomic mass is 10.1. The number of hydrogen-bond acceptors (Lipinski definition) is 8. The molecule has 0 amide bonds. The minimum atomic E-state index is -4.25. The number of para-hydroxylation sites is 2. The summed E-state index contributed by atoms with van der Waals surface area (Å²) in [6.07, 6.45) is 4.79. The van der Waals surface area contributed by atoms with Gasteiger partial charge in [-0.1, -0.05) is 48.5 Å². The summed E-state index contributed by atoms with van der Waals surface area (Å²) in [7, 11) is -8.50. The lowest BCUT2D eigenvalue weighted by molar-refractivity contribution is 0.0362. The first-order valence-corrected chi connectivity index (χ1v) is 21.0. The van der Waals surface area contributed by atoms with E-state index in [2.05, 4.69) is 19.8 Å². The quantitative estimate of drug-likeness (QED) is 0.156. The Hall–Kier alpha value is -3.60. The zero-order valence-electron chi connectivity index (χ0n) is 29.5. The summed E-state index contributed by atoms with van der Waals surface area (Å²) < 4.78 is 73.1. The minimum absolute atomic E-state index is 0.195. The Bertz CT molecular complexity index is 2000. The van der Waals surface area contributed by atoms with Crippen LogP contribution >= 0.6 is 0 Å². The van der Waals surface area contributed by atoms with E-state index in [0.717, 1.165) is 59.1 Å². The van der Waals surface area contributed by atoms with Crippen LogP contribution in [0, 0.1) is 0 Å². The molecule has 0 spiro atoms. The largest absolute Gasteiger partial charge is 0.379 e. The van der Waals surface area contributed by atoms with Crippen molar-refractivity contribution >= 4 is 41.9 Å². The number of fused-ring (bicyclic) bond motifs is 2. The van der Waals surface area contributed by atoms with Gasteiger partial charge in [-0.2, -0.15) is 8.61 Å². The van der Waals surface area contributed by atoms with Crippen LogP contribution in [0.5, 0.6) is 0 Å². The fourth-order valence-electron chi connectivity index (χ4n) is 7.18. The Morgan fingerprint density at radius 3 is 1.35 bits per heavy atom. The van der Waals surface area contributed by atoms with Crippen molar-refractivity contribution in [3.63, 3.8) is 0 Å². The van der Waals surface area contributed by atoms with Crippen LogP contribution in [0.3, 0.4) is 0 Å². The number of sulfonamides is 2. The van der Waals surface area contributed by atoms with Crippen molar-refractivity contribution in [3.05, 3.63) is 96.3 Å². The van der Waals surface area contributed by atoms with Gasteiger partial charge in [-0.25, -0.2) is 16.8 Å². The van der Waals surface area contributed by atoms with Crippen LogP contribution in [0.4, 0.5) is 0 Å². The summed E-state index contributed by atoms with van der Waals surface area (Å²) in [5, 5.41) is 2.09. The predicted molar refractivity (Wildman–Crippen MR) is 202 cm³/mol. The number of nitrogens with zero attached hydrogens (tertiary/aromatic N) is 4. The summed E-state index contributed by atoms with van der Waals surface area (Å²) >= 11 is 0. The van der Waals surface area contributed by atoms with E-state index in [9.17, 15) is 16.8 Å². The molecule has 278 valence electrons. The molecule has 5 aromatic rings. The van der Waals surface area contributed by atoms with Crippen molar-refractivity contribution in [2.75, 3.05) is 91.9 Å². The maximum absolute atomic E-state index is 14.8. The highest BCUT2D eigenvalue weighted by molar-refractivity contribution is 7.92.